The van der Waals surface area contributed by atoms with Crippen molar-refractivity contribution in [3.8, 4) is 0 Å². The van der Waals surface area contributed by atoms with Gasteiger partial charge in [-0.3, -0.25) is 9.59 Å². The Bertz CT molecular complexity index is 881. The van der Waals surface area contributed by atoms with Gasteiger partial charge in [-0.25, -0.2) is 4.79 Å². The van der Waals surface area contributed by atoms with E-state index in [0.717, 1.165) is 24.1 Å². The Hall–Kier alpha value is -3.15. The zero-order chi connectivity index (χ0) is 20.8. The van der Waals surface area contributed by atoms with Gasteiger partial charge in [0.15, 0.2) is 6.10 Å². The van der Waals surface area contributed by atoms with Crippen molar-refractivity contribution < 1.29 is 19.1 Å². The second kappa shape index (κ2) is 9.37. The molecule has 0 aliphatic carbocycles. The lowest BCUT2D eigenvalue weighted by Gasteiger charge is -2.19. The summed E-state index contributed by atoms with van der Waals surface area (Å²) >= 11 is 0. The van der Waals surface area contributed by atoms with Crippen molar-refractivity contribution in [1.82, 2.24) is 10.2 Å². The molecule has 0 aromatic heterocycles. The largest absolute Gasteiger partial charge is 0.449 e. The van der Waals surface area contributed by atoms with Gasteiger partial charge < -0.3 is 15.0 Å². The molecule has 3 rings (SSSR count). The van der Waals surface area contributed by atoms with Crippen LogP contribution in [0.3, 0.4) is 0 Å². The number of ether oxygens (including phenoxy) is 1. The Morgan fingerprint density at radius 2 is 1.86 bits per heavy atom. The van der Waals surface area contributed by atoms with Gasteiger partial charge in [0.2, 0.25) is 5.91 Å². The summed E-state index contributed by atoms with van der Waals surface area (Å²) in [5.41, 5.74) is 2.21. The molecule has 0 spiro atoms. The third kappa shape index (κ3) is 5.44. The number of hydrogen-bond acceptors (Lipinski definition) is 4. The van der Waals surface area contributed by atoms with E-state index in [4.69, 9.17) is 4.74 Å². The minimum absolute atomic E-state index is 0.135. The molecule has 2 unspecified atom stereocenters. The van der Waals surface area contributed by atoms with E-state index < -0.39 is 12.1 Å². The first-order valence-corrected chi connectivity index (χ1v) is 9.87. The number of nitrogens with zero attached hydrogens (tertiary/aromatic N) is 1. The van der Waals surface area contributed by atoms with Gasteiger partial charge in [-0.2, -0.15) is 0 Å². The van der Waals surface area contributed by atoms with Crippen LogP contribution in [0.4, 0.5) is 0 Å². The summed E-state index contributed by atoms with van der Waals surface area (Å²) in [5, 5.41) is 2.86. The van der Waals surface area contributed by atoms with Crippen molar-refractivity contribution in [2.24, 2.45) is 0 Å². The monoisotopic (exact) mass is 394 g/mol. The Morgan fingerprint density at radius 1 is 1.10 bits per heavy atom. The molecule has 2 atom stereocenters. The lowest BCUT2D eigenvalue weighted by atomic mass is 10.1. The molecule has 6 heteroatoms. The maximum Gasteiger partial charge on any atom is 0.338 e. The van der Waals surface area contributed by atoms with Gasteiger partial charge in [0, 0.05) is 19.5 Å². The first kappa shape index (κ1) is 20.6. The number of carbonyl (C=O) groups is 3. The smallest absolute Gasteiger partial charge is 0.338 e. The zero-order valence-electron chi connectivity index (χ0n) is 16.8. The fourth-order valence-corrected chi connectivity index (χ4v) is 3.33. The van der Waals surface area contributed by atoms with Crippen LogP contribution in [0.15, 0.2) is 54.6 Å². The van der Waals surface area contributed by atoms with Gasteiger partial charge in [0.25, 0.3) is 5.91 Å². The Labute approximate surface area is 170 Å². The Balaban J connectivity index is 1.57. The van der Waals surface area contributed by atoms with Crippen LogP contribution in [0.5, 0.6) is 0 Å². The number of amides is 2. The number of hydrogen-bond donors (Lipinski definition) is 1. The van der Waals surface area contributed by atoms with Crippen LogP contribution in [0.1, 0.15) is 54.2 Å². The minimum Gasteiger partial charge on any atom is -0.449 e. The molecule has 6 nitrogen and oxygen atoms in total. The lowest BCUT2D eigenvalue weighted by molar-refractivity contribution is -0.130. The van der Waals surface area contributed by atoms with E-state index in [0.29, 0.717) is 18.5 Å². The van der Waals surface area contributed by atoms with Crippen molar-refractivity contribution in [1.29, 1.82) is 0 Å². The van der Waals surface area contributed by atoms with Crippen LogP contribution >= 0.6 is 0 Å². The highest BCUT2D eigenvalue weighted by Gasteiger charge is 2.22. The maximum atomic E-state index is 12.5. The van der Waals surface area contributed by atoms with Crippen LogP contribution in [0.2, 0.25) is 0 Å². The molecule has 1 aliphatic rings. The molecule has 0 saturated carbocycles. The molecule has 29 heavy (non-hydrogen) atoms. The number of benzene rings is 2. The highest BCUT2D eigenvalue weighted by molar-refractivity contribution is 5.92. The van der Waals surface area contributed by atoms with Crippen LogP contribution < -0.4 is 5.32 Å². The van der Waals surface area contributed by atoms with Gasteiger partial charge >= 0.3 is 5.97 Å². The predicted octanol–water partition coefficient (Wildman–Crippen LogP) is 3.23. The van der Waals surface area contributed by atoms with E-state index in [-0.39, 0.29) is 17.9 Å². The molecule has 1 saturated heterocycles. The predicted molar refractivity (Wildman–Crippen MR) is 109 cm³/mol. The van der Waals surface area contributed by atoms with Gasteiger partial charge in [-0.05, 0) is 43.5 Å². The molecule has 1 fully saturated rings. The zero-order valence-corrected chi connectivity index (χ0v) is 16.8. The average molecular weight is 394 g/mol. The number of nitrogens with one attached hydrogen (secondary N) is 1. The summed E-state index contributed by atoms with van der Waals surface area (Å²) in [6.07, 6.45) is 0.530. The quantitative estimate of drug-likeness (QED) is 0.732. The van der Waals surface area contributed by atoms with Crippen molar-refractivity contribution in [3.63, 3.8) is 0 Å². The van der Waals surface area contributed by atoms with Crippen LogP contribution in [-0.2, 0) is 20.9 Å². The molecule has 2 aromatic carbocycles. The van der Waals surface area contributed by atoms with Gasteiger partial charge in [0.05, 0.1) is 11.6 Å². The van der Waals surface area contributed by atoms with Crippen molar-refractivity contribution >= 4 is 17.8 Å². The first-order valence-electron chi connectivity index (χ1n) is 9.87. The molecule has 2 aromatic rings. The summed E-state index contributed by atoms with van der Waals surface area (Å²) in [6, 6.07) is 16.4. The van der Waals surface area contributed by atoms with E-state index in [9.17, 15) is 14.4 Å². The molecule has 152 valence electrons. The van der Waals surface area contributed by atoms with Crippen LogP contribution in [0.25, 0.3) is 0 Å². The fraction of sp³-hybridized carbons (Fsp3) is 0.348. The van der Waals surface area contributed by atoms with Gasteiger partial charge in [-0.1, -0.05) is 42.5 Å². The second-order valence-corrected chi connectivity index (χ2v) is 7.31. The summed E-state index contributed by atoms with van der Waals surface area (Å²) < 4.78 is 5.35. The molecule has 2 amide bonds. The van der Waals surface area contributed by atoms with E-state index in [1.165, 1.54) is 0 Å². The van der Waals surface area contributed by atoms with Crippen molar-refractivity contribution in [3.05, 3.63) is 71.3 Å². The number of carbonyl (C=O) groups excluding carboxylic acids is 3. The van der Waals surface area contributed by atoms with Gasteiger partial charge in [0.1, 0.15) is 0 Å². The number of likely N-dealkylation sites (tertiary alicyclic amines) is 1. The molecule has 0 bridgehead atoms. The van der Waals surface area contributed by atoms with Crippen LogP contribution in [-0.4, -0.2) is 35.3 Å². The van der Waals surface area contributed by atoms with E-state index in [1.54, 1.807) is 30.0 Å². The topological polar surface area (TPSA) is 75.7 Å². The van der Waals surface area contributed by atoms with E-state index in [1.807, 2.05) is 43.3 Å². The van der Waals surface area contributed by atoms with E-state index in [2.05, 4.69) is 5.32 Å². The molecular formula is C23H26N2O4. The normalized spacial score (nSPS) is 15.7. The summed E-state index contributed by atoms with van der Waals surface area (Å²) in [4.78, 5) is 38.5. The van der Waals surface area contributed by atoms with Crippen LogP contribution in [0, 0.1) is 0 Å². The summed E-state index contributed by atoms with van der Waals surface area (Å²) in [6.45, 7) is 4.65. The molecule has 0 radical (unpaired) electrons. The molecule has 1 heterocycles. The third-order valence-corrected chi connectivity index (χ3v) is 5.02. The fourth-order valence-electron chi connectivity index (χ4n) is 3.33. The third-order valence-electron chi connectivity index (χ3n) is 5.02. The maximum absolute atomic E-state index is 12.5. The molecular weight excluding hydrogens is 368 g/mol. The van der Waals surface area contributed by atoms with Crippen molar-refractivity contribution in [2.75, 3.05) is 6.54 Å². The number of esters is 1. The number of rotatable bonds is 7. The van der Waals surface area contributed by atoms with Crippen molar-refractivity contribution in [2.45, 2.75) is 45.4 Å². The summed E-state index contributed by atoms with van der Waals surface area (Å²) in [5.74, 6) is -0.779. The Kier molecular flexibility index (Phi) is 6.65. The minimum atomic E-state index is -0.919. The first-order chi connectivity index (χ1) is 13.9. The molecule has 1 aliphatic heterocycles. The second-order valence-electron chi connectivity index (χ2n) is 7.31. The van der Waals surface area contributed by atoms with Gasteiger partial charge in [-0.15, -0.1) is 0 Å². The molecule has 1 N–H and O–H groups in total. The Morgan fingerprint density at radius 3 is 2.55 bits per heavy atom. The highest BCUT2D eigenvalue weighted by Crippen LogP contribution is 2.16. The average Bonchev–Trinajstić information content (AvgIpc) is 3.13. The lowest BCUT2D eigenvalue weighted by Crippen LogP contribution is -2.37. The highest BCUT2D eigenvalue weighted by atomic mass is 16.5. The SMILES string of the molecule is CC(OC(=O)c1cccc(CN2CCCC2=O)c1)C(=O)NC(C)c1ccccc1. The summed E-state index contributed by atoms with van der Waals surface area (Å²) in [7, 11) is 0. The standard InChI is InChI=1S/C23H26N2O4/c1-16(19-9-4-3-5-10-19)24-22(27)17(2)29-23(28)20-11-6-8-18(14-20)15-25-13-7-12-21(25)26/h3-6,8-11,14,16-17H,7,12-13,15H2,1-2H3,(H,24,27). The van der Waals surface area contributed by atoms with E-state index >= 15 is 0 Å².